The molecule has 3 aromatic rings. The summed E-state index contributed by atoms with van der Waals surface area (Å²) in [5.74, 6) is -2.15. The molecule has 3 nitrogen and oxygen atoms in total. The minimum absolute atomic E-state index is 0.284. The summed E-state index contributed by atoms with van der Waals surface area (Å²) in [6.07, 6.45) is 7.37. The van der Waals surface area contributed by atoms with Gasteiger partial charge in [0.2, 0.25) is 0 Å². The van der Waals surface area contributed by atoms with Crippen LogP contribution in [-0.4, -0.2) is 10.9 Å². The number of aromatic amines is 1. The molecule has 26 heavy (non-hydrogen) atoms. The molecule has 0 unspecified atom stereocenters. The van der Waals surface area contributed by atoms with Crippen molar-refractivity contribution in [1.29, 1.82) is 0 Å². The van der Waals surface area contributed by atoms with E-state index in [0.29, 0.717) is 22.2 Å². The van der Waals surface area contributed by atoms with Crippen molar-refractivity contribution in [2.75, 3.05) is 5.32 Å². The number of hydrogen-bond acceptors (Lipinski definition) is 1. The predicted octanol–water partition coefficient (Wildman–Crippen LogP) is 5.82. The number of benzene rings is 2. The highest BCUT2D eigenvalue weighted by molar-refractivity contribution is 6.09. The quantitative estimate of drug-likeness (QED) is 0.515. The molecule has 2 N–H and O–H groups in total. The van der Waals surface area contributed by atoms with Crippen molar-refractivity contribution >= 4 is 22.5 Å². The van der Waals surface area contributed by atoms with Crippen molar-refractivity contribution in [2.45, 2.75) is 39.0 Å². The number of carbonyl (C=O) groups excluding carboxylic acids is 1. The molecule has 0 aliphatic heterocycles. The smallest absolute Gasteiger partial charge is 0.255 e. The van der Waals surface area contributed by atoms with Crippen LogP contribution in [0.4, 0.5) is 14.5 Å². The number of hydrogen-bond donors (Lipinski definition) is 2. The van der Waals surface area contributed by atoms with Crippen LogP contribution < -0.4 is 5.32 Å². The monoisotopic (exact) mass is 356 g/mol. The molecule has 0 aliphatic rings. The third kappa shape index (κ3) is 4.10. The molecular weight excluding hydrogens is 334 g/mol. The molecule has 0 spiro atoms. The first-order valence-corrected chi connectivity index (χ1v) is 8.95. The number of aromatic nitrogens is 1. The van der Waals surface area contributed by atoms with Gasteiger partial charge in [0.05, 0.1) is 11.2 Å². The number of halogens is 2. The number of amides is 1. The van der Waals surface area contributed by atoms with E-state index in [1.807, 2.05) is 12.1 Å². The van der Waals surface area contributed by atoms with E-state index in [1.54, 1.807) is 12.1 Å². The normalized spacial score (nSPS) is 11.0. The zero-order valence-corrected chi connectivity index (χ0v) is 14.7. The van der Waals surface area contributed by atoms with Crippen LogP contribution in [-0.2, 0) is 6.42 Å². The second-order valence-corrected chi connectivity index (χ2v) is 6.48. The van der Waals surface area contributed by atoms with E-state index < -0.39 is 11.6 Å². The van der Waals surface area contributed by atoms with Gasteiger partial charge in [0.15, 0.2) is 11.6 Å². The van der Waals surface area contributed by atoms with Crippen LogP contribution in [0.3, 0.4) is 0 Å². The topological polar surface area (TPSA) is 44.9 Å². The molecule has 1 aromatic heterocycles. The van der Waals surface area contributed by atoms with Gasteiger partial charge in [0.1, 0.15) is 0 Å². The summed E-state index contributed by atoms with van der Waals surface area (Å²) < 4.78 is 26.7. The van der Waals surface area contributed by atoms with E-state index in [9.17, 15) is 13.6 Å². The number of anilines is 1. The number of nitrogens with one attached hydrogen (secondary N) is 2. The molecule has 0 aliphatic carbocycles. The number of unbranched alkanes of at least 4 members (excludes halogenated alkanes) is 3. The molecule has 0 radical (unpaired) electrons. The zero-order chi connectivity index (χ0) is 18.5. The van der Waals surface area contributed by atoms with Gasteiger partial charge in [-0.05, 0) is 36.6 Å². The third-order valence-corrected chi connectivity index (χ3v) is 4.51. The van der Waals surface area contributed by atoms with Crippen molar-refractivity contribution in [2.24, 2.45) is 0 Å². The number of fused-ring (bicyclic) bond motifs is 1. The lowest BCUT2D eigenvalue weighted by molar-refractivity contribution is 0.102. The van der Waals surface area contributed by atoms with Crippen LogP contribution in [0.25, 0.3) is 10.9 Å². The Balaban J connectivity index is 1.67. The highest BCUT2D eigenvalue weighted by Crippen LogP contribution is 2.26. The van der Waals surface area contributed by atoms with Gasteiger partial charge in [0.25, 0.3) is 5.91 Å². The van der Waals surface area contributed by atoms with E-state index in [0.717, 1.165) is 25.0 Å². The first kappa shape index (κ1) is 18.1. The average molecular weight is 356 g/mol. The molecule has 0 fully saturated rings. The van der Waals surface area contributed by atoms with Gasteiger partial charge in [-0.1, -0.05) is 38.3 Å². The Morgan fingerprint density at radius 2 is 1.77 bits per heavy atom. The number of rotatable bonds is 7. The van der Waals surface area contributed by atoms with Crippen LogP contribution >= 0.6 is 0 Å². The molecule has 5 heteroatoms. The second kappa shape index (κ2) is 8.13. The summed E-state index contributed by atoms with van der Waals surface area (Å²) in [5.41, 5.74) is 2.59. The van der Waals surface area contributed by atoms with Gasteiger partial charge in [-0.25, -0.2) is 8.78 Å². The van der Waals surface area contributed by atoms with E-state index in [-0.39, 0.29) is 5.91 Å². The highest BCUT2D eigenvalue weighted by atomic mass is 19.2. The Kier molecular flexibility index (Phi) is 5.66. The van der Waals surface area contributed by atoms with Crippen LogP contribution in [0.15, 0.2) is 42.6 Å². The third-order valence-electron chi connectivity index (χ3n) is 4.51. The maximum atomic E-state index is 13.5. The van der Waals surface area contributed by atoms with Crippen molar-refractivity contribution in [3.8, 4) is 0 Å². The van der Waals surface area contributed by atoms with Crippen molar-refractivity contribution in [3.05, 3.63) is 65.4 Å². The van der Waals surface area contributed by atoms with Crippen LogP contribution in [0.2, 0.25) is 0 Å². The van der Waals surface area contributed by atoms with Gasteiger partial charge >= 0.3 is 0 Å². The van der Waals surface area contributed by atoms with Crippen LogP contribution in [0, 0.1) is 11.6 Å². The van der Waals surface area contributed by atoms with E-state index >= 15 is 0 Å². The molecule has 0 saturated heterocycles. The summed E-state index contributed by atoms with van der Waals surface area (Å²) in [5, 5.41) is 3.18. The maximum Gasteiger partial charge on any atom is 0.255 e. The summed E-state index contributed by atoms with van der Waals surface area (Å²) in [7, 11) is 0. The average Bonchev–Trinajstić information content (AvgIpc) is 3.01. The molecule has 136 valence electrons. The summed E-state index contributed by atoms with van der Waals surface area (Å²) >= 11 is 0. The van der Waals surface area contributed by atoms with E-state index in [4.69, 9.17) is 0 Å². The maximum absolute atomic E-state index is 13.5. The first-order chi connectivity index (χ1) is 12.6. The highest BCUT2D eigenvalue weighted by Gasteiger charge is 2.12. The fraction of sp³-hybridized carbons (Fsp3) is 0.286. The SMILES string of the molecule is CCCCCCc1ccc(C(=O)Nc2c[nH]c3cc(F)c(F)cc23)cc1. The molecule has 0 saturated carbocycles. The van der Waals surface area contributed by atoms with Crippen molar-refractivity contribution < 1.29 is 13.6 Å². The Hall–Kier alpha value is -2.69. The van der Waals surface area contributed by atoms with Crippen molar-refractivity contribution in [1.82, 2.24) is 4.98 Å². The second-order valence-electron chi connectivity index (χ2n) is 6.48. The number of H-pyrrole nitrogens is 1. The van der Waals surface area contributed by atoms with Gasteiger partial charge in [-0.15, -0.1) is 0 Å². The van der Waals surface area contributed by atoms with E-state index in [2.05, 4.69) is 17.2 Å². The molecule has 2 aromatic carbocycles. The molecule has 1 heterocycles. The Morgan fingerprint density at radius 1 is 1.04 bits per heavy atom. The molecular formula is C21H22F2N2O. The lowest BCUT2D eigenvalue weighted by Crippen LogP contribution is -2.11. The van der Waals surface area contributed by atoms with Gasteiger partial charge < -0.3 is 10.3 Å². The minimum atomic E-state index is -0.944. The fourth-order valence-electron chi connectivity index (χ4n) is 2.99. The van der Waals surface area contributed by atoms with Crippen LogP contribution in [0.1, 0.15) is 48.5 Å². The lowest BCUT2D eigenvalue weighted by atomic mass is 10.0. The van der Waals surface area contributed by atoms with Gasteiger partial charge in [-0.3, -0.25) is 4.79 Å². The summed E-state index contributed by atoms with van der Waals surface area (Å²) in [6, 6.07) is 9.67. The van der Waals surface area contributed by atoms with Gasteiger partial charge in [0, 0.05) is 23.2 Å². The van der Waals surface area contributed by atoms with Gasteiger partial charge in [-0.2, -0.15) is 0 Å². The Labute approximate surface area is 151 Å². The lowest BCUT2D eigenvalue weighted by Gasteiger charge is -2.06. The number of aryl methyl sites for hydroxylation is 1. The minimum Gasteiger partial charge on any atom is -0.359 e. The molecule has 0 atom stereocenters. The Bertz CT molecular complexity index is 900. The summed E-state index contributed by atoms with van der Waals surface area (Å²) in [6.45, 7) is 2.19. The molecule has 3 rings (SSSR count). The fourth-order valence-corrected chi connectivity index (χ4v) is 2.99. The molecule has 1 amide bonds. The summed E-state index contributed by atoms with van der Waals surface area (Å²) in [4.78, 5) is 15.3. The standard InChI is InChI=1S/C21H22F2N2O/c1-2-3-4-5-6-14-7-9-15(10-8-14)21(26)25-20-13-24-19-12-18(23)17(22)11-16(19)20/h7-13,24H,2-6H2,1H3,(H,25,26). The predicted molar refractivity (Wildman–Crippen MR) is 100 cm³/mol. The van der Waals surface area contributed by atoms with E-state index in [1.165, 1.54) is 31.0 Å². The van der Waals surface area contributed by atoms with Crippen molar-refractivity contribution in [3.63, 3.8) is 0 Å². The zero-order valence-electron chi connectivity index (χ0n) is 14.7. The Morgan fingerprint density at radius 3 is 2.50 bits per heavy atom. The van der Waals surface area contributed by atoms with Crippen LogP contribution in [0.5, 0.6) is 0 Å². The largest absolute Gasteiger partial charge is 0.359 e. The molecule has 0 bridgehead atoms. The first-order valence-electron chi connectivity index (χ1n) is 8.95. The number of carbonyl (C=O) groups is 1.